The van der Waals surface area contributed by atoms with E-state index in [1.807, 2.05) is 0 Å². The van der Waals surface area contributed by atoms with Gasteiger partial charge in [-0.25, -0.2) is 0 Å². The van der Waals surface area contributed by atoms with Gasteiger partial charge < -0.3 is 15.3 Å². The zero-order valence-electron chi connectivity index (χ0n) is 12.6. The van der Waals surface area contributed by atoms with E-state index in [0.29, 0.717) is 28.6 Å². The first-order valence-electron chi connectivity index (χ1n) is 7.00. The average molecular weight is 361 g/mol. The fourth-order valence-electron chi connectivity index (χ4n) is 1.82. The van der Waals surface area contributed by atoms with Crippen molar-refractivity contribution in [3.8, 4) is 0 Å². The molecule has 0 spiro atoms. The summed E-state index contributed by atoms with van der Waals surface area (Å²) in [5.74, 6) is -1.45. The molecule has 0 aromatic heterocycles. The Morgan fingerprint density at radius 2 is 1.78 bits per heavy atom. The van der Waals surface area contributed by atoms with E-state index < -0.39 is 5.97 Å². The molecule has 0 radical (unpaired) electrons. The second-order valence-corrected chi connectivity index (χ2v) is 5.84. The van der Waals surface area contributed by atoms with Crippen molar-refractivity contribution in [3.63, 3.8) is 0 Å². The van der Waals surface area contributed by atoms with Crippen LogP contribution in [0, 0.1) is 0 Å². The largest absolute Gasteiger partial charge is 0.481 e. The zero-order chi connectivity index (χ0) is 17.4. The molecule has 0 aliphatic heterocycles. The van der Waals surface area contributed by atoms with Crippen LogP contribution in [-0.2, 0) is 14.4 Å². The third kappa shape index (κ3) is 7.34. The molecule has 2 N–H and O–H groups in total. The lowest BCUT2D eigenvalue weighted by molar-refractivity contribution is -0.137. The lowest BCUT2D eigenvalue weighted by Crippen LogP contribution is -2.34. The quantitative estimate of drug-likeness (QED) is 0.697. The Morgan fingerprint density at radius 3 is 2.39 bits per heavy atom. The number of carbonyl (C=O) groups excluding carboxylic acids is 2. The molecule has 1 aromatic carbocycles. The number of anilines is 1. The van der Waals surface area contributed by atoms with E-state index in [2.05, 4.69) is 5.32 Å². The van der Waals surface area contributed by atoms with Crippen molar-refractivity contribution >= 4 is 46.7 Å². The molecular formula is C15H18Cl2N2O4. The first kappa shape index (κ1) is 19.3. The number of likely N-dealkylation sites (N-methyl/N-ethyl adjacent to an activating group) is 1. The molecule has 23 heavy (non-hydrogen) atoms. The minimum atomic E-state index is -0.883. The number of rotatable bonds is 8. The number of hydrogen-bond donors (Lipinski definition) is 2. The number of amides is 2. The van der Waals surface area contributed by atoms with Crippen LogP contribution in [0.5, 0.6) is 0 Å². The van der Waals surface area contributed by atoms with Gasteiger partial charge in [0, 0.05) is 25.6 Å². The maximum absolute atomic E-state index is 11.9. The summed E-state index contributed by atoms with van der Waals surface area (Å²) in [7, 11) is 1.52. The van der Waals surface area contributed by atoms with Crippen LogP contribution in [-0.4, -0.2) is 41.4 Å². The minimum Gasteiger partial charge on any atom is -0.481 e. The number of carbonyl (C=O) groups is 3. The maximum Gasteiger partial charge on any atom is 0.303 e. The second-order valence-electron chi connectivity index (χ2n) is 5.03. The summed E-state index contributed by atoms with van der Waals surface area (Å²) in [5.41, 5.74) is 0.492. The lowest BCUT2D eigenvalue weighted by Gasteiger charge is -2.17. The first-order valence-corrected chi connectivity index (χ1v) is 7.76. The summed E-state index contributed by atoms with van der Waals surface area (Å²) in [6.07, 6.45) is 1.16. The number of carboxylic acids is 1. The van der Waals surface area contributed by atoms with Gasteiger partial charge in [0.05, 0.1) is 16.6 Å². The van der Waals surface area contributed by atoms with E-state index in [4.69, 9.17) is 28.3 Å². The van der Waals surface area contributed by atoms with E-state index >= 15 is 0 Å². The van der Waals surface area contributed by atoms with Gasteiger partial charge in [0.15, 0.2) is 0 Å². The standard InChI is InChI=1S/C15H18Cl2N2O4/c1-19(14(21)4-2-3-5-15(22)23)9-13(20)18-10-6-7-11(16)12(17)8-10/h6-8H,2-5,9H2,1H3,(H,18,20)(H,22,23). The van der Waals surface area contributed by atoms with E-state index in [-0.39, 0.29) is 31.2 Å². The van der Waals surface area contributed by atoms with Crippen LogP contribution in [0.1, 0.15) is 25.7 Å². The predicted octanol–water partition coefficient (Wildman–Crippen LogP) is 3.04. The van der Waals surface area contributed by atoms with Gasteiger partial charge in [0.1, 0.15) is 0 Å². The highest BCUT2D eigenvalue weighted by molar-refractivity contribution is 6.42. The molecule has 126 valence electrons. The Balaban J connectivity index is 2.38. The van der Waals surface area contributed by atoms with Gasteiger partial charge in [0.25, 0.3) is 0 Å². The molecule has 0 atom stereocenters. The highest BCUT2D eigenvalue weighted by atomic mass is 35.5. The summed E-state index contributed by atoms with van der Waals surface area (Å²) in [4.78, 5) is 35.4. The van der Waals surface area contributed by atoms with Crippen LogP contribution >= 0.6 is 23.2 Å². The highest BCUT2D eigenvalue weighted by Gasteiger charge is 2.13. The minimum absolute atomic E-state index is 0.0365. The summed E-state index contributed by atoms with van der Waals surface area (Å²) in [6, 6.07) is 4.70. The number of nitrogens with one attached hydrogen (secondary N) is 1. The Bertz CT molecular complexity index is 593. The summed E-state index contributed by atoms with van der Waals surface area (Å²) in [5, 5.41) is 11.9. The van der Waals surface area contributed by atoms with Crippen LogP contribution in [0.3, 0.4) is 0 Å². The fourth-order valence-corrected chi connectivity index (χ4v) is 2.12. The van der Waals surface area contributed by atoms with Crippen molar-refractivity contribution in [3.05, 3.63) is 28.2 Å². The van der Waals surface area contributed by atoms with Gasteiger partial charge in [-0.15, -0.1) is 0 Å². The van der Waals surface area contributed by atoms with Gasteiger partial charge in [-0.05, 0) is 31.0 Å². The van der Waals surface area contributed by atoms with Crippen molar-refractivity contribution in [2.45, 2.75) is 25.7 Å². The number of carboxylic acid groups (broad SMARTS) is 1. The molecule has 0 bridgehead atoms. The Morgan fingerprint density at radius 1 is 1.13 bits per heavy atom. The molecule has 0 unspecified atom stereocenters. The Labute approximate surface area is 144 Å². The molecular weight excluding hydrogens is 343 g/mol. The monoisotopic (exact) mass is 360 g/mol. The number of hydrogen-bond acceptors (Lipinski definition) is 3. The average Bonchev–Trinajstić information content (AvgIpc) is 2.46. The van der Waals surface area contributed by atoms with E-state index in [1.54, 1.807) is 12.1 Å². The molecule has 0 heterocycles. The zero-order valence-corrected chi connectivity index (χ0v) is 14.2. The third-order valence-electron chi connectivity index (χ3n) is 3.04. The number of benzene rings is 1. The van der Waals surface area contributed by atoms with Gasteiger partial charge in [0.2, 0.25) is 11.8 Å². The lowest BCUT2D eigenvalue weighted by atomic mass is 10.2. The molecule has 0 aliphatic carbocycles. The van der Waals surface area contributed by atoms with Crippen molar-refractivity contribution in [1.29, 1.82) is 0 Å². The van der Waals surface area contributed by atoms with Crippen molar-refractivity contribution in [1.82, 2.24) is 4.90 Å². The van der Waals surface area contributed by atoms with Crippen molar-refractivity contribution in [2.75, 3.05) is 18.9 Å². The summed E-state index contributed by atoms with van der Waals surface area (Å²) in [6.45, 7) is -0.0992. The van der Waals surface area contributed by atoms with Gasteiger partial charge in [-0.2, -0.15) is 0 Å². The predicted molar refractivity (Wildman–Crippen MR) is 88.8 cm³/mol. The van der Waals surface area contributed by atoms with Crippen LogP contribution in [0.25, 0.3) is 0 Å². The van der Waals surface area contributed by atoms with Crippen LogP contribution in [0.2, 0.25) is 10.0 Å². The Kier molecular flexibility index (Phi) is 7.85. The maximum atomic E-state index is 11.9. The van der Waals surface area contributed by atoms with E-state index in [9.17, 15) is 14.4 Å². The number of aliphatic carboxylic acids is 1. The van der Waals surface area contributed by atoms with Crippen molar-refractivity contribution < 1.29 is 19.5 Å². The van der Waals surface area contributed by atoms with Gasteiger partial charge in [-0.3, -0.25) is 14.4 Å². The highest BCUT2D eigenvalue weighted by Crippen LogP contribution is 2.24. The topological polar surface area (TPSA) is 86.7 Å². The van der Waals surface area contributed by atoms with Crippen LogP contribution in [0.4, 0.5) is 5.69 Å². The number of nitrogens with zero attached hydrogens (tertiary/aromatic N) is 1. The molecule has 1 aromatic rings. The molecule has 0 fully saturated rings. The SMILES string of the molecule is CN(CC(=O)Nc1ccc(Cl)c(Cl)c1)C(=O)CCCCC(=O)O. The van der Waals surface area contributed by atoms with Gasteiger partial charge in [-0.1, -0.05) is 23.2 Å². The van der Waals surface area contributed by atoms with E-state index in [0.717, 1.165) is 0 Å². The molecule has 8 heteroatoms. The Hall–Kier alpha value is -1.79. The van der Waals surface area contributed by atoms with Gasteiger partial charge >= 0.3 is 5.97 Å². The molecule has 1 rings (SSSR count). The second kappa shape index (κ2) is 9.37. The van der Waals surface area contributed by atoms with Crippen LogP contribution in [0.15, 0.2) is 18.2 Å². The van der Waals surface area contributed by atoms with E-state index in [1.165, 1.54) is 18.0 Å². The summed E-state index contributed by atoms with van der Waals surface area (Å²) < 4.78 is 0. The first-order chi connectivity index (χ1) is 10.8. The smallest absolute Gasteiger partial charge is 0.303 e. The fraction of sp³-hybridized carbons (Fsp3) is 0.400. The van der Waals surface area contributed by atoms with Crippen molar-refractivity contribution in [2.24, 2.45) is 0 Å². The molecule has 0 saturated carbocycles. The number of unbranched alkanes of at least 4 members (excludes halogenated alkanes) is 1. The molecule has 0 aliphatic rings. The summed E-state index contributed by atoms with van der Waals surface area (Å²) >= 11 is 11.6. The number of halogens is 2. The molecule has 6 nitrogen and oxygen atoms in total. The molecule has 2 amide bonds. The molecule has 0 saturated heterocycles. The normalized spacial score (nSPS) is 10.2. The van der Waals surface area contributed by atoms with Crippen LogP contribution < -0.4 is 5.32 Å². The third-order valence-corrected chi connectivity index (χ3v) is 3.78.